The zero-order valence-corrected chi connectivity index (χ0v) is 18.8. The van der Waals surface area contributed by atoms with Gasteiger partial charge < -0.3 is 20.4 Å². The van der Waals surface area contributed by atoms with E-state index in [1.165, 1.54) is 0 Å². The van der Waals surface area contributed by atoms with Crippen molar-refractivity contribution in [2.75, 3.05) is 10.6 Å². The van der Waals surface area contributed by atoms with Gasteiger partial charge in [-0.05, 0) is 70.0 Å². The fourth-order valence-corrected chi connectivity index (χ4v) is 3.37. The van der Waals surface area contributed by atoms with Gasteiger partial charge in [-0.2, -0.15) is 0 Å². The van der Waals surface area contributed by atoms with Crippen LogP contribution in [0.2, 0.25) is 0 Å². The topological polar surface area (TPSA) is 100 Å². The lowest BCUT2D eigenvalue weighted by Crippen LogP contribution is -2.16. The minimum absolute atomic E-state index is 0.240. The van der Waals surface area contributed by atoms with Crippen LogP contribution in [0.4, 0.5) is 11.4 Å². The summed E-state index contributed by atoms with van der Waals surface area (Å²) >= 11 is 0. The molecule has 0 saturated carbocycles. The van der Waals surface area contributed by atoms with Gasteiger partial charge in [-0.3, -0.25) is 9.59 Å². The molecule has 32 heavy (non-hydrogen) atoms. The summed E-state index contributed by atoms with van der Waals surface area (Å²) in [6.07, 6.45) is -0.259. The lowest BCUT2D eigenvalue weighted by Gasteiger charge is -2.12. The fourth-order valence-electron chi connectivity index (χ4n) is 3.37. The molecule has 7 heteroatoms. The Hall–Kier alpha value is -3.87. The Labute approximate surface area is 187 Å². The first-order valence-corrected chi connectivity index (χ1v) is 10.4. The summed E-state index contributed by atoms with van der Waals surface area (Å²) < 4.78 is 5.29. The molecule has 1 aromatic heterocycles. The number of anilines is 2. The number of aryl methyl sites for hydroxylation is 2. The van der Waals surface area contributed by atoms with Gasteiger partial charge in [-0.25, -0.2) is 4.79 Å². The first-order valence-electron chi connectivity index (χ1n) is 10.4. The number of H-pyrrole nitrogens is 1. The van der Waals surface area contributed by atoms with Crippen LogP contribution < -0.4 is 10.6 Å². The first kappa shape index (κ1) is 22.8. The Morgan fingerprint density at radius 2 is 1.59 bits per heavy atom. The summed E-state index contributed by atoms with van der Waals surface area (Å²) in [6.45, 7) is 8.84. The van der Waals surface area contributed by atoms with E-state index in [9.17, 15) is 14.4 Å². The van der Waals surface area contributed by atoms with Crippen LogP contribution in [-0.2, 0) is 4.74 Å². The standard InChI is InChI=1S/C25H27N3O4/c1-14(2)32-25(31)21-16(4)22(26-17(21)5)24(30)28-20-13-19(12-11-15(20)3)27-23(29)18-9-7-6-8-10-18/h6-14,26H,1-5H3,(H,27,29)(H,28,30). The highest BCUT2D eigenvalue weighted by atomic mass is 16.5. The molecule has 0 aliphatic heterocycles. The monoisotopic (exact) mass is 433 g/mol. The zero-order chi connectivity index (χ0) is 23.4. The van der Waals surface area contributed by atoms with Gasteiger partial charge in [0.2, 0.25) is 0 Å². The average Bonchev–Trinajstić information content (AvgIpc) is 3.04. The molecular formula is C25H27N3O4. The number of rotatable bonds is 6. The molecule has 0 atom stereocenters. The molecule has 2 amide bonds. The van der Waals surface area contributed by atoms with Crippen molar-refractivity contribution >= 4 is 29.2 Å². The molecule has 0 aliphatic rings. The molecule has 0 aliphatic carbocycles. The molecule has 3 aromatic rings. The summed E-state index contributed by atoms with van der Waals surface area (Å²) in [4.78, 5) is 40.8. The molecule has 0 radical (unpaired) electrons. The highest BCUT2D eigenvalue weighted by Gasteiger charge is 2.24. The SMILES string of the molecule is Cc1ccc(NC(=O)c2ccccc2)cc1NC(=O)c1[nH]c(C)c(C(=O)OC(C)C)c1C. The van der Waals surface area contributed by atoms with Gasteiger partial charge in [-0.15, -0.1) is 0 Å². The third kappa shape index (κ3) is 5.06. The maximum Gasteiger partial charge on any atom is 0.340 e. The molecule has 166 valence electrons. The van der Waals surface area contributed by atoms with Crippen molar-refractivity contribution in [1.82, 2.24) is 4.98 Å². The number of carbonyl (C=O) groups excluding carboxylic acids is 3. The van der Waals surface area contributed by atoms with Crippen molar-refractivity contribution in [2.24, 2.45) is 0 Å². The van der Waals surface area contributed by atoms with Gasteiger partial charge in [0.1, 0.15) is 5.69 Å². The third-order valence-corrected chi connectivity index (χ3v) is 4.99. The smallest absolute Gasteiger partial charge is 0.340 e. The number of aromatic nitrogens is 1. The highest BCUT2D eigenvalue weighted by Crippen LogP contribution is 2.24. The van der Waals surface area contributed by atoms with Crippen LogP contribution in [-0.4, -0.2) is 28.9 Å². The summed E-state index contributed by atoms with van der Waals surface area (Å²) in [5.74, 6) is -1.09. The van der Waals surface area contributed by atoms with E-state index in [0.29, 0.717) is 33.8 Å². The summed E-state index contributed by atoms with van der Waals surface area (Å²) in [5, 5.41) is 5.70. The maximum absolute atomic E-state index is 13.0. The van der Waals surface area contributed by atoms with E-state index < -0.39 is 5.97 Å². The Balaban J connectivity index is 1.80. The van der Waals surface area contributed by atoms with Gasteiger partial charge in [0.05, 0.1) is 11.7 Å². The van der Waals surface area contributed by atoms with E-state index in [0.717, 1.165) is 5.56 Å². The number of hydrogen-bond acceptors (Lipinski definition) is 4. The molecule has 1 heterocycles. The van der Waals surface area contributed by atoms with E-state index in [1.807, 2.05) is 19.1 Å². The molecule has 3 rings (SSSR count). The van der Waals surface area contributed by atoms with E-state index in [2.05, 4.69) is 15.6 Å². The fraction of sp³-hybridized carbons (Fsp3) is 0.240. The summed E-state index contributed by atoms with van der Waals surface area (Å²) in [5.41, 5.74) is 4.23. The number of hydrogen-bond donors (Lipinski definition) is 3. The molecule has 0 unspecified atom stereocenters. The molecule has 2 aromatic carbocycles. The number of esters is 1. The van der Waals surface area contributed by atoms with Gasteiger partial charge in [0, 0.05) is 22.6 Å². The summed E-state index contributed by atoms with van der Waals surface area (Å²) in [6, 6.07) is 14.2. The van der Waals surface area contributed by atoms with Crippen molar-refractivity contribution in [3.05, 3.63) is 82.2 Å². The normalized spacial score (nSPS) is 10.7. The Morgan fingerprint density at radius 1 is 0.906 bits per heavy atom. The van der Waals surface area contributed by atoms with Crippen LogP contribution in [0.25, 0.3) is 0 Å². The second-order valence-corrected chi connectivity index (χ2v) is 7.88. The van der Waals surface area contributed by atoms with Crippen LogP contribution in [0.5, 0.6) is 0 Å². The maximum atomic E-state index is 13.0. The second-order valence-electron chi connectivity index (χ2n) is 7.88. The molecular weight excluding hydrogens is 406 g/mol. The minimum Gasteiger partial charge on any atom is -0.459 e. The molecule has 0 bridgehead atoms. The quantitative estimate of drug-likeness (QED) is 0.476. The number of carbonyl (C=O) groups is 3. The highest BCUT2D eigenvalue weighted by molar-refractivity contribution is 6.08. The van der Waals surface area contributed by atoms with Gasteiger partial charge in [0.25, 0.3) is 11.8 Å². The van der Waals surface area contributed by atoms with E-state index >= 15 is 0 Å². The molecule has 7 nitrogen and oxygen atoms in total. The number of aromatic amines is 1. The van der Waals surface area contributed by atoms with Gasteiger partial charge in [-0.1, -0.05) is 24.3 Å². The predicted molar refractivity (Wildman–Crippen MR) is 124 cm³/mol. The van der Waals surface area contributed by atoms with Crippen molar-refractivity contribution in [3.63, 3.8) is 0 Å². The van der Waals surface area contributed by atoms with E-state index in [1.54, 1.807) is 64.1 Å². The lowest BCUT2D eigenvalue weighted by molar-refractivity contribution is 0.0376. The minimum atomic E-state index is -0.466. The van der Waals surface area contributed by atoms with Crippen molar-refractivity contribution in [3.8, 4) is 0 Å². The molecule has 0 spiro atoms. The predicted octanol–water partition coefficient (Wildman–Crippen LogP) is 5.01. The van der Waals surface area contributed by atoms with Crippen molar-refractivity contribution in [1.29, 1.82) is 0 Å². The van der Waals surface area contributed by atoms with Crippen molar-refractivity contribution < 1.29 is 19.1 Å². The average molecular weight is 434 g/mol. The number of amides is 2. The second kappa shape index (κ2) is 9.51. The van der Waals surface area contributed by atoms with E-state index in [-0.39, 0.29) is 23.6 Å². The van der Waals surface area contributed by atoms with Crippen LogP contribution >= 0.6 is 0 Å². The van der Waals surface area contributed by atoms with Crippen LogP contribution in [0.15, 0.2) is 48.5 Å². The Morgan fingerprint density at radius 3 is 2.25 bits per heavy atom. The first-order chi connectivity index (χ1) is 15.2. The number of nitrogens with one attached hydrogen (secondary N) is 3. The number of ether oxygens (including phenoxy) is 1. The molecule has 3 N–H and O–H groups in total. The zero-order valence-electron chi connectivity index (χ0n) is 18.8. The number of benzene rings is 2. The Kier molecular flexibility index (Phi) is 6.78. The largest absolute Gasteiger partial charge is 0.459 e. The summed E-state index contributed by atoms with van der Waals surface area (Å²) in [7, 11) is 0. The van der Waals surface area contributed by atoms with Gasteiger partial charge in [0.15, 0.2) is 0 Å². The Bertz CT molecular complexity index is 1160. The van der Waals surface area contributed by atoms with E-state index in [4.69, 9.17) is 4.74 Å². The van der Waals surface area contributed by atoms with Crippen LogP contribution in [0.1, 0.15) is 61.9 Å². The van der Waals surface area contributed by atoms with Crippen LogP contribution in [0.3, 0.4) is 0 Å². The van der Waals surface area contributed by atoms with Crippen LogP contribution in [0, 0.1) is 20.8 Å². The van der Waals surface area contributed by atoms with Crippen molar-refractivity contribution in [2.45, 2.75) is 40.7 Å². The molecule has 0 saturated heterocycles. The third-order valence-electron chi connectivity index (χ3n) is 4.99. The van der Waals surface area contributed by atoms with Gasteiger partial charge >= 0.3 is 5.97 Å². The molecule has 0 fully saturated rings. The lowest BCUT2D eigenvalue weighted by atomic mass is 10.1.